The molecule has 3 aromatic rings. The molecule has 0 fully saturated rings. The number of aromatic nitrogens is 4. The summed E-state index contributed by atoms with van der Waals surface area (Å²) in [6.45, 7) is 2.17. The van der Waals surface area contributed by atoms with Crippen molar-refractivity contribution in [3.63, 3.8) is 0 Å². The molecule has 2 heterocycles. The highest BCUT2D eigenvalue weighted by atomic mass is 19.4. The maximum absolute atomic E-state index is 12.4. The van der Waals surface area contributed by atoms with Gasteiger partial charge in [-0.3, -0.25) is 9.78 Å². The Morgan fingerprint density at radius 2 is 1.97 bits per heavy atom. The average molecular weight is 407 g/mol. The molecule has 0 aliphatic rings. The van der Waals surface area contributed by atoms with E-state index in [0.717, 1.165) is 23.1 Å². The number of amides is 1. The predicted octanol–water partition coefficient (Wildman–Crippen LogP) is 3.67. The Kier molecular flexibility index (Phi) is 6.00. The number of aromatic amines is 1. The van der Waals surface area contributed by atoms with Crippen molar-refractivity contribution in [2.24, 2.45) is 0 Å². The van der Waals surface area contributed by atoms with Crippen molar-refractivity contribution in [1.29, 1.82) is 0 Å². The molecule has 3 rings (SSSR count). The summed E-state index contributed by atoms with van der Waals surface area (Å²) < 4.78 is 41.0. The number of carbonyl (C=O) groups is 1. The van der Waals surface area contributed by atoms with Crippen molar-refractivity contribution in [2.45, 2.75) is 38.4 Å². The van der Waals surface area contributed by atoms with Gasteiger partial charge in [-0.05, 0) is 19.1 Å². The number of benzene rings is 1. The van der Waals surface area contributed by atoms with E-state index in [4.69, 9.17) is 0 Å². The third kappa shape index (κ3) is 5.66. The van der Waals surface area contributed by atoms with Gasteiger partial charge in [0.05, 0.1) is 35.2 Å². The molecule has 0 aliphatic heterocycles. The topological polar surface area (TPSA) is 92.8 Å². The monoisotopic (exact) mass is 407 g/mol. The highest BCUT2D eigenvalue weighted by Crippen LogP contribution is 2.21. The number of imidazole rings is 1. The fourth-order valence-electron chi connectivity index (χ4n) is 2.74. The molecule has 2 aromatic heterocycles. The van der Waals surface area contributed by atoms with Crippen LogP contribution in [0.1, 0.15) is 43.7 Å². The number of fused-ring (bicyclic) bond motifs is 1. The van der Waals surface area contributed by atoms with Crippen molar-refractivity contribution in [1.82, 2.24) is 25.3 Å². The van der Waals surface area contributed by atoms with Crippen molar-refractivity contribution in [3.8, 4) is 5.88 Å². The van der Waals surface area contributed by atoms with Gasteiger partial charge in [0.2, 0.25) is 11.8 Å². The van der Waals surface area contributed by atoms with E-state index < -0.39 is 18.8 Å². The number of alkyl halides is 3. The zero-order valence-corrected chi connectivity index (χ0v) is 15.8. The molecule has 29 heavy (non-hydrogen) atoms. The second-order valence-corrected chi connectivity index (χ2v) is 6.72. The summed E-state index contributed by atoms with van der Waals surface area (Å²) in [5.41, 5.74) is 2.16. The molecular weight excluding hydrogens is 387 g/mol. The van der Waals surface area contributed by atoms with Gasteiger partial charge >= 0.3 is 6.18 Å². The Balaban J connectivity index is 1.54. The quantitative estimate of drug-likeness (QED) is 0.624. The maximum atomic E-state index is 12.4. The van der Waals surface area contributed by atoms with Gasteiger partial charge in [-0.1, -0.05) is 19.1 Å². The van der Waals surface area contributed by atoms with Crippen LogP contribution in [0.3, 0.4) is 0 Å². The Morgan fingerprint density at radius 1 is 1.21 bits per heavy atom. The Hall–Kier alpha value is -3.17. The zero-order chi connectivity index (χ0) is 21.0. The Bertz CT molecular complexity index is 939. The number of carbonyl (C=O) groups excluding carboxylic acids is 1. The first-order valence-electron chi connectivity index (χ1n) is 8.97. The average Bonchev–Trinajstić information content (AvgIpc) is 3.10. The van der Waals surface area contributed by atoms with Gasteiger partial charge in [0.25, 0.3) is 0 Å². The van der Waals surface area contributed by atoms with Crippen LogP contribution >= 0.6 is 0 Å². The molecule has 0 aliphatic carbocycles. The molecule has 2 N–H and O–H groups in total. The van der Waals surface area contributed by atoms with Gasteiger partial charge in [0.15, 0.2) is 6.61 Å². The molecule has 10 heteroatoms. The normalized spacial score (nSPS) is 13.8. The van der Waals surface area contributed by atoms with Crippen molar-refractivity contribution in [3.05, 3.63) is 48.2 Å². The number of halogens is 3. The third-order valence-corrected chi connectivity index (χ3v) is 4.22. The summed E-state index contributed by atoms with van der Waals surface area (Å²) in [6.07, 6.45) is -1.86. The minimum atomic E-state index is -4.45. The van der Waals surface area contributed by atoms with Crippen molar-refractivity contribution < 1.29 is 22.7 Å². The molecule has 154 valence electrons. The van der Waals surface area contributed by atoms with E-state index in [-0.39, 0.29) is 24.1 Å². The summed E-state index contributed by atoms with van der Waals surface area (Å²) in [6, 6.07) is 7.15. The first-order chi connectivity index (χ1) is 13.7. The number of nitrogens with zero attached hydrogens (tertiary/aromatic N) is 3. The molecule has 0 spiro atoms. The summed E-state index contributed by atoms with van der Waals surface area (Å²) in [5.74, 6) is 0.159. The predicted molar refractivity (Wildman–Crippen MR) is 99.3 cm³/mol. The van der Waals surface area contributed by atoms with Crippen LogP contribution in [0.4, 0.5) is 13.2 Å². The number of rotatable bonds is 7. The van der Waals surface area contributed by atoms with Crippen molar-refractivity contribution >= 4 is 16.9 Å². The number of hydrogen-bond acceptors (Lipinski definition) is 5. The van der Waals surface area contributed by atoms with E-state index in [1.165, 1.54) is 6.20 Å². The molecular formula is C19H20F3N5O2. The fraction of sp³-hybridized carbons (Fsp3) is 0.368. The highest BCUT2D eigenvalue weighted by Gasteiger charge is 2.28. The van der Waals surface area contributed by atoms with Gasteiger partial charge in [0.1, 0.15) is 5.82 Å². The zero-order valence-electron chi connectivity index (χ0n) is 15.8. The highest BCUT2D eigenvalue weighted by molar-refractivity contribution is 5.78. The number of para-hydroxylation sites is 2. The third-order valence-electron chi connectivity index (χ3n) is 4.22. The number of H-pyrrole nitrogens is 1. The Morgan fingerprint density at radius 3 is 2.62 bits per heavy atom. The molecule has 0 bridgehead atoms. The van der Waals surface area contributed by atoms with E-state index in [9.17, 15) is 18.0 Å². The van der Waals surface area contributed by atoms with Crippen LogP contribution in [-0.4, -0.2) is 38.6 Å². The smallest absolute Gasteiger partial charge is 0.422 e. The van der Waals surface area contributed by atoms with E-state index >= 15 is 0 Å². The first kappa shape index (κ1) is 20.6. The summed E-state index contributed by atoms with van der Waals surface area (Å²) in [7, 11) is 0. The van der Waals surface area contributed by atoms with Gasteiger partial charge < -0.3 is 15.0 Å². The second-order valence-electron chi connectivity index (χ2n) is 6.72. The minimum Gasteiger partial charge on any atom is -0.467 e. The number of nitrogens with one attached hydrogen (secondary N) is 2. The molecule has 7 nitrogen and oxygen atoms in total. The molecule has 1 aromatic carbocycles. The molecule has 0 radical (unpaired) electrons. The molecule has 0 saturated carbocycles. The lowest BCUT2D eigenvalue weighted by atomic mass is 10.1. The van der Waals surface area contributed by atoms with Crippen LogP contribution in [0.5, 0.6) is 5.88 Å². The summed E-state index contributed by atoms with van der Waals surface area (Å²) >= 11 is 0. The van der Waals surface area contributed by atoms with Crippen LogP contribution in [0.2, 0.25) is 0 Å². The fourth-order valence-corrected chi connectivity index (χ4v) is 2.74. The lowest BCUT2D eigenvalue weighted by molar-refractivity contribution is -0.154. The van der Waals surface area contributed by atoms with Crippen LogP contribution in [-0.2, 0) is 4.79 Å². The van der Waals surface area contributed by atoms with E-state index in [0.29, 0.717) is 5.69 Å². The lowest BCUT2D eigenvalue weighted by Crippen LogP contribution is -2.28. The molecule has 1 amide bonds. The summed E-state index contributed by atoms with van der Waals surface area (Å²) in [5, 5.41) is 2.80. The SMILES string of the molecule is CC(CC(=O)NC(C)c1cnc(OCC(F)(F)F)cn1)c1nc2ccccc2[nH]1. The van der Waals surface area contributed by atoms with Crippen LogP contribution in [0, 0.1) is 0 Å². The Labute approximate surface area is 164 Å². The molecule has 0 saturated heterocycles. The summed E-state index contributed by atoms with van der Waals surface area (Å²) in [4.78, 5) is 27.9. The van der Waals surface area contributed by atoms with Crippen LogP contribution in [0.15, 0.2) is 36.7 Å². The van der Waals surface area contributed by atoms with Crippen LogP contribution < -0.4 is 10.1 Å². The van der Waals surface area contributed by atoms with Gasteiger partial charge in [-0.15, -0.1) is 0 Å². The van der Waals surface area contributed by atoms with Crippen molar-refractivity contribution in [2.75, 3.05) is 6.61 Å². The van der Waals surface area contributed by atoms with E-state index in [1.807, 2.05) is 31.2 Å². The lowest BCUT2D eigenvalue weighted by Gasteiger charge is -2.15. The largest absolute Gasteiger partial charge is 0.467 e. The van der Waals surface area contributed by atoms with Gasteiger partial charge in [0, 0.05) is 12.3 Å². The standard InChI is InChI=1S/C19H20F3N5O2/c1-11(18-26-13-5-3-4-6-14(13)27-18)7-16(28)25-12(2)15-8-24-17(9-23-15)29-10-19(20,21)22/h3-6,8-9,11-12H,7,10H2,1-2H3,(H,25,28)(H,26,27). The number of ether oxygens (including phenoxy) is 1. The van der Waals surface area contributed by atoms with E-state index in [2.05, 4.69) is 30.0 Å². The van der Waals surface area contributed by atoms with Crippen LogP contribution in [0.25, 0.3) is 11.0 Å². The molecule has 2 unspecified atom stereocenters. The maximum Gasteiger partial charge on any atom is 0.422 e. The van der Waals surface area contributed by atoms with E-state index in [1.54, 1.807) is 6.92 Å². The number of hydrogen-bond donors (Lipinski definition) is 2. The van der Waals surface area contributed by atoms with Gasteiger partial charge in [-0.25, -0.2) is 9.97 Å². The minimum absolute atomic E-state index is 0.126. The first-order valence-corrected chi connectivity index (χ1v) is 8.97. The molecule has 2 atom stereocenters. The second kappa shape index (κ2) is 8.46. The van der Waals surface area contributed by atoms with Gasteiger partial charge in [-0.2, -0.15) is 13.2 Å².